The average molecular weight is 310 g/mol. The van der Waals surface area contributed by atoms with Gasteiger partial charge in [-0.2, -0.15) is 0 Å². The Labute approximate surface area is 128 Å². The van der Waals surface area contributed by atoms with Crippen LogP contribution in [0.15, 0.2) is 24.3 Å². The number of hydrogen-bond donors (Lipinski definition) is 2. The van der Waals surface area contributed by atoms with Gasteiger partial charge in [0.05, 0.1) is 17.3 Å². The van der Waals surface area contributed by atoms with Crippen molar-refractivity contribution < 1.29 is 9.69 Å². The number of thiazole rings is 1. The lowest BCUT2D eigenvalue weighted by molar-refractivity contribution is -0.894. The molecule has 0 saturated heterocycles. The second-order valence-electron chi connectivity index (χ2n) is 4.91. The maximum atomic E-state index is 11.7. The fourth-order valence-electron chi connectivity index (χ4n) is 2.09. The highest BCUT2D eigenvalue weighted by Gasteiger charge is 2.12. The normalized spacial score (nSPS) is 12.5. The largest absolute Gasteiger partial charge is 0.351 e. The fourth-order valence-corrected chi connectivity index (χ4v) is 3.41. The summed E-state index contributed by atoms with van der Waals surface area (Å²) in [6.45, 7) is 3.97. The molecule has 1 aromatic carbocycles. The Morgan fingerprint density at radius 2 is 2.20 bits per heavy atom. The lowest BCUT2D eigenvalue weighted by Crippen LogP contribution is -3.09. The number of para-hydroxylation sites is 1. The summed E-state index contributed by atoms with van der Waals surface area (Å²) in [6, 6.07) is 8.19. The van der Waals surface area contributed by atoms with Gasteiger partial charge in [-0.3, -0.25) is 9.36 Å². The van der Waals surface area contributed by atoms with Crippen molar-refractivity contribution in [3.05, 3.63) is 28.2 Å². The van der Waals surface area contributed by atoms with Crippen molar-refractivity contribution in [2.45, 2.75) is 20.0 Å². The monoisotopic (exact) mass is 310 g/mol. The van der Waals surface area contributed by atoms with Crippen LogP contribution in [-0.4, -0.2) is 30.6 Å². The van der Waals surface area contributed by atoms with E-state index in [0.717, 1.165) is 27.3 Å². The number of carbonyl (C=O) groups is 1. The lowest BCUT2D eigenvalue weighted by atomic mass is 10.3. The van der Waals surface area contributed by atoms with Crippen molar-refractivity contribution in [3.8, 4) is 0 Å². The molecule has 1 heterocycles. The third-order valence-corrected chi connectivity index (χ3v) is 4.47. The molecule has 0 saturated carbocycles. The molecule has 2 aromatic rings. The van der Waals surface area contributed by atoms with Crippen LogP contribution in [0.4, 0.5) is 0 Å². The van der Waals surface area contributed by atoms with Crippen molar-refractivity contribution in [1.82, 2.24) is 9.88 Å². The predicted molar refractivity (Wildman–Crippen MR) is 85.7 cm³/mol. The molecule has 1 aromatic heterocycles. The number of amides is 1. The van der Waals surface area contributed by atoms with Crippen LogP contribution >= 0.6 is 23.6 Å². The molecule has 1 atom stereocenters. The van der Waals surface area contributed by atoms with Crippen LogP contribution in [-0.2, 0) is 11.5 Å². The highest BCUT2D eigenvalue weighted by Crippen LogP contribution is 2.21. The molecular weight excluding hydrogens is 290 g/mol. The van der Waals surface area contributed by atoms with Gasteiger partial charge in [0.15, 0.2) is 17.2 Å². The molecule has 0 aliphatic heterocycles. The molecule has 20 heavy (non-hydrogen) atoms. The van der Waals surface area contributed by atoms with E-state index in [1.807, 2.05) is 26.1 Å². The summed E-state index contributed by atoms with van der Waals surface area (Å²) in [7, 11) is 2.01. The number of rotatable bonds is 6. The molecular formula is C14H20N3OS2+. The highest BCUT2D eigenvalue weighted by molar-refractivity contribution is 7.73. The first-order chi connectivity index (χ1) is 9.61. The minimum atomic E-state index is 0.0930. The van der Waals surface area contributed by atoms with Crippen LogP contribution in [0.3, 0.4) is 0 Å². The van der Waals surface area contributed by atoms with E-state index in [1.54, 1.807) is 11.3 Å². The highest BCUT2D eigenvalue weighted by atomic mass is 32.1. The Morgan fingerprint density at radius 3 is 2.95 bits per heavy atom. The Kier molecular flexibility index (Phi) is 5.28. The van der Waals surface area contributed by atoms with Crippen molar-refractivity contribution >= 4 is 39.7 Å². The Bertz CT molecular complexity index is 647. The van der Waals surface area contributed by atoms with Gasteiger partial charge < -0.3 is 10.2 Å². The average Bonchev–Trinajstić information content (AvgIpc) is 2.73. The summed E-state index contributed by atoms with van der Waals surface area (Å²) < 4.78 is 4.16. The Morgan fingerprint density at radius 1 is 1.45 bits per heavy atom. The number of fused-ring (bicyclic) bond motifs is 1. The minimum absolute atomic E-state index is 0.0930. The number of carbonyl (C=O) groups excluding carboxylic acids is 1. The number of hydrogen-bond acceptors (Lipinski definition) is 3. The van der Waals surface area contributed by atoms with Crippen LogP contribution in [0.2, 0.25) is 0 Å². The number of quaternary nitrogens is 1. The molecule has 0 spiro atoms. The van der Waals surface area contributed by atoms with E-state index in [2.05, 4.69) is 22.0 Å². The third kappa shape index (κ3) is 3.65. The molecule has 6 heteroatoms. The van der Waals surface area contributed by atoms with E-state index < -0.39 is 0 Å². The number of nitrogens with zero attached hydrogens (tertiary/aromatic N) is 1. The van der Waals surface area contributed by atoms with Crippen LogP contribution in [0.25, 0.3) is 10.2 Å². The van der Waals surface area contributed by atoms with Crippen LogP contribution in [0.1, 0.15) is 13.3 Å². The van der Waals surface area contributed by atoms with Gasteiger partial charge in [0.2, 0.25) is 0 Å². The van der Waals surface area contributed by atoms with Crippen molar-refractivity contribution in [2.24, 2.45) is 0 Å². The second-order valence-corrected chi connectivity index (χ2v) is 6.58. The van der Waals surface area contributed by atoms with Gasteiger partial charge in [-0.05, 0) is 30.8 Å². The molecule has 1 amide bonds. The van der Waals surface area contributed by atoms with Gasteiger partial charge in [0, 0.05) is 6.54 Å². The summed E-state index contributed by atoms with van der Waals surface area (Å²) in [6.07, 6.45) is 0.963. The topological polar surface area (TPSA) is 38.5 Å². The van der Waals surface area contributed by atoms with E-state index in [9.17, 15) is 4.79 Å². The number of nitrogens with one attached hydrogen (secondary N) is 2. The van der Waals surface area contributed by atoms with E-state index >= 15 is 0 Å². The summed E-state index contributed by atoms with van der Waals surface area (Å²) in [5.41, 5.74) is 1.15. The predicted octanol–water partition coefficient (Wildman–Crippen LogP) is 1.43. The van der Waals surface area contributed by atoms with E-state index in [1.165, 1.54) is 4.70 Å². The zero-order valence-corrected chi connectivity index (χ0v) is 13.4. The van der Waals surface area contributed by atoms with Gasteiger partial charge in [-0.1, -0.05) is 19.1 Å². The summed E-state index contributed by atoms with van der Waals surface area (Å²) >= 11 is 7.04. The molecule has 0 radical (unpaired) electrons. The molecule has 0 aliphatic carbocycles. The van der Waals surface area contributed by atoms with Crippen LogP contribution in [0, 0.1) is 3.95 Å². The molecule has 2 rings (SSSR count). The maximum absolute atomic E-state index is 11.7. The fraction of sp³-hybridized carbons (Fsp3) is 0.429. The van der Waals surface area contributed by atoms with Crippen molar-refractivity contribution in [1.29, 1.82) is 0 Å². The maximum Gasteiger partial charge on any atom is 0.275 e. The smallest absolute Gasteiger partial charge is 0.275 e. The SMILES string of the molecule is CCCNC(=O)C[NH+](C)Cn1c(=S)sc2ccccc21. The van der Waals surface area contributed by atoms with Crippen molar-refractivity contribution in [3.63, 3.8) is 0 Å². The standard InChI is InChI=1S/C14H19N3OS2/c1-3-8-15-13(18)9-16(2)10-17-11-6-4-5-7-12(11)20-14(17)19/h4-7H,3,8-10H2,1-2H3,(H,15,18)/p+1. The summed E-state index contributed by atoms with van der Waals surface area (Å²) in [5.74, 6) is 0.0930. The van der Waals surface area contributed by atoms with Crippen LogP contribution in [0.5, 0.6) is 0 Å². The Hall–Kier alpha value is -1.24. The van der Waals surface area contributed by atoms with E-state index in [4.69, 9.17) is 12.2 Å². The lowest BCUT2D eigenvalue weighted by Gasteiger charge is -2.15. The van der Waals surface area contributed by atoms with Gasteiger partial charge in [-0.25, -0.2) is 0 Å². The van der Waals surface area contributed by atoms with Gasteiger partial charge >= 0.3 is 0 Å². The van der Waals surface area contributed by atoms with E-state index in [0.29, 0.717) is 13.2 Å². The molecule has 0 aliphatic rings. The van der Waals surface area contributed by atoms with Crippen molar-refractivity contribution in [2.75, 3.05) is 20.1 Å². The first kappa shape index (κ1) is 15.2. The van der Waals surface area contributed by atoms with Gasteiger partial charge in [0.1, 0.15) is 0 Å². The third-order valence-electron chi connectivity index (χ3n) is 3.04. The first-order valence-electron chi connectivity index (χ1n) is 6.78. The zero-order valence-electron chi connectivity index (χ0n) is 11.8. The molecule has 0 bridgehead atoms. The number of benzene rings is 1. The quantitative estimate of drug-likeness (QED) is 0.792. The van der Waals surface area contributed by atoms with Gasteiger partial charge in [0.25, 0.3) is 5.91 Å². The number of aromatic nitrogens is 1. The Balaban J connectivity index is 2.06. The molecule has 0 fully saturated rings. The minimum Gasteiger partial charge on any atom is -0.351 e. The zero-order chi connectivity index (χ0) is 14.5. The van der Waals surface area contributed by atoms with E-state index in [-0.39, 0.29) is 5.91 Å². The number of likely N-dealkylation sites (N-methyl/N-ethyl adjacent to an activating group) is 1. The molecule has 1 unspecified atom stereocenters. The summed E-state index contributed by atoms with van der Waals surface area (Å²) in [4.78, 5) is 12.8. The van der Waals surface area contributed by atoms with Gasteiger partial charge in [-0.15, -0.1) is 11.3 Å². The molecule has 4 nitrogen and oxygen atoms in total. The van der Waals surface area contributed by atoms with Crippen LogP contribution < -0.4 is 10.2 Å². The molecule has 2 N–H and O–H groups in total. The first-order valence-corrected chi connectivity index (χ1v) is 8.00. The summed E-state index contributed by atoms with van der Waals surface area (Å²) in [5, 5.41) is 2.90. The second kappa shape index (κ2) is 6.97. The molecule has 108 valence electrons.